The van der Waals surface area contributed by atoms with E-state index in [4.69, 9.17) is 11.6 Å². The normalized spacial score (nSPS) is 15.2. The maximum Gasteiger partial charge on any atom is 0.251 e. The molecule has 0 saturated carbocycles. The van der Waals surface area contributed by atoms with E-state index in [0.29, 0.717) is 22.8 Å². The molecule has 2 aromatic rings. The maximum absolute atomic E-state index is 12.4. The fraction of sp³-hybridized carbons (Fsp3) is 0.364. The number of nitrogens with zero attached hydrogens (tertiary/aromatic N) is 1. The van der Waals surface area contributed by atoms with Crippen LogP contribution in [0.4, 0.5) is 5.69 Å². The molecule has 1 fully saturated rings. The van der Waals surface area contributed by atoms with E-state index in [9.17, 15) is 9.59 Å². The summed E-state index contributed by atoms with van der Waals surface area (Å²) in [5.41, 5.74) is 3.39. The van der Waals surface area contributed by atoms with E-state index in [2.05, 4.69) is 15.5 Å². The first kappa shape index (κ1) is 20.4. The van der Waals surface area contributed by atoms with Crippen LogP contribution in [0.2, 0.25) is 5.02 Å². The summed E-state index contributed by atoms with van der Waals surface area (Å²) in [5, 5.41) is 6.58. The molecule has 6 heteroatoms. The predicted molar refractivity (Wildman–Crippen MR) is 113 cm³/mol. The van der Waals surface area contributed by atoms with Crippen molar-refractivity contribution in [2.45, 2.75) is 32.7 Å². The highest BCUT2D eigenvalue weighted by Gasteiger charge is 2.23. The molecule has 1 saturated heterocycles. The quantitative estimate of drug-likeness (QED) is 0.804. The minimum absolute atomic E-state index is 0.0405. The lowest BCUT2D eigenvalue weighted by Gasteiger charge is -2.32. The summed E-state index contributed by atoms with van der Waals surface area (Å²) in [5.74, 6) is -0.109. The summed E-state index contributed by atoms with van der Waals surface area (Å²) in [6.07, 6.45) is 1.66. The smallest absolute Gasteiger partial charge is 0.251 e. The summed E-state index contributed by atoms with van der Waals surface area (Å²) in [7, 11) is 0. The summed E-state index contributed by atoms with van der Waals surface area (Å²) in [6, 6.07) is 13.2. The van der Waals surface area contributed by atoms with Gasteiger partial charge in [-0.25, -0.2) is 0 Å². The van der Waals surface area contributed by atoms with E-state index in [0.717, 1.165) is 37.1 Å². The van der Waals surface area contributed by atoms with Crippen LogP contribution in [-0.4, -0.2) is 42.4 Å². The van der Waals surface area contributed by atoms with Gasteiger partial charge in [0.15, 0.2) is 0 Å². The molecule has 3 rings (SSSR count). The largest absolute Gasteiger partial charge is 0.349 e. The van der Waals surface area contributed by atoms with Gasteiger partial charge in [-0.3, -0.25) is 14.5 Å². The van der Waals surface area contributed by atoms with Gasteiger partial charge in [-0.2, -0.15) is 0 Å². The van der Waals surface area contributed by atoms with E-state index in [1.807, 2.05) is 56.3 Å². The predicted octanol–water partition coefficient (Wildman–Crippen LogP) is 3.79. The van der Waals surface area contributed by atoms with Crippen LogP contribution in [0.25, 0.3) is 0 Å². The number of aryl methyl sites for hydroxylation is 2. The van der Waals surface area contributed by atoms with E-state index in [1.54, 1.807) is 0 Å². The van der Waals surface area contributed by atoms with Gasteiger partial charge in [0.1, 0.15) is 0 Å². The first-order valence-electron chi connectivity index (χ1n) is 9.57. The Hall–Kier alpha value is -2.37. The summed E-state index contributed by atoms with van der Waals surface area (Å²) in [4.78, 5) is 26.8. The molecule has 1 aliphatic heterocycles. The first-order valence-corrected chi connectivity index (χ1v) is 9.95. The van der Waals surface area contributed by atoms with Gasteiger partial charge in [0.2, 0.25) is 5.91 Å². The van der Waals surface area contributed by atoms with Crippen LogP contribution in [0.15, 0.2) is 42.5 Å². The molecular formula is C22H26ClN3O2. The number of hydrogen-bond acceptors (Lipinski definition) is 3. The minimum atomic E-state index is -0.0689. The van der Waals surface area contributed by atoms with Crippen molar-refractivity contribution in [2.24, 2.45) is 0 Å². The molecule has 0 unspecified atom stereocenters. The second-order valence-corrected chi connectivity index (χ2v) is 7.78. The number of nitrogens with one attached hydrogen (secondary N) is 2. The van der Waals surface area contributed by atoms with Gasteiger partial charge >= 0.3 is 0 Å². The maximum atomic E-state index is 12.4. The zero-order chi connectivity index (χ0) is 20.1. The Morgan fingerprint density at radius 2 is 1.79 bits per heavy atom. The number of hydrogen-bond donors (Lipinski definition) is 2. The number of carbonyl (C=O) groups excluding carboxylic acids is 2. The third-order valence-corrected chi connectivity index (χ3v) is 5.32. The monoisotopic (exact) mass is 399 g/mol. The van der Waals surface area contributed by atoms with E-state index >= 15 is 0 Å². The molecule has 148 valence electrons. The molecule has 0 atom stereocenters. The molecule has 2 aromatic carbocycles. The van der Waals surface area contributed by atoms with E-state index in [-0.39, 0.29) is 17.9 Å². The lowest BCUT2D eigenvalue weighted by atomic mass is 10.0. The third kappa shape index (κ3) is 5.33. The Bertz CT molecular complexity index is 823. The number of amides is 2. The molecular weight excluding hydrogens is 374 g/mol. The number of halogens is 1. The Morgan fingerprint density at radius 3 is 2.43 bits per heavy atom. The van der Waals surface area contributed by atoms with Gasteiger partial charge in [-0.1, -0.05) is 35.9 Å². The zero-order valence-corrected chi connectivity index (χ0v) is 17.1. The zero-order valence-electron chi connectivity index (χ0n) is 16.3. The Morgan fingerprint density at radius 1 is 1.11 bits per heavy atom. The second-order valence-electron chi connectivity index (χ2n) is 7.38. The van der Waals surface area contributed by atoms with Crippen molar-refractivity contribution in [2.75, 3.05) is 25.0 Å². The van der Waals surface area contributed by atoms with Gasteiger partial charge in [-0.05, 0) is 56.0 Å². The molecule has 0 aromatic heterocycles. The van der Waals surface area contributed by atoms with Crippen LogP contribution in [0, 0.1) is 13.8 Å². The number of anilines is 1. The highest BCUT2D eigenvalue weighted by molar-refractivity contribution is 6.34. The van der Waals surface area contributed by atoms with Crippen molar-refractivity contribution in [3.8, 4) is 0 Å². The summed E-state index contributed by atoms with van der Waals surface area (Å²) < 4.78 is 0. The molecule has 28 heavy (non-hydrogen) atoms. The molecule has 0 spiro atoms. The van der Waals surface area contributed by atoms with Crippen molar-refractivity contribution in [1.82, 2.24) is 10.2 Å². The van der Waals surface area contributed by atoms with Gasteiger partial charge in [-0.15, -0.1) is 0 Å². The molecule has 0 aliphatic carbocycles. The van der Waals surface area contributed by atoms with Gasteiger partial charge < -0.3 is 10.6 Å². The molecule has 2 amide bonds. The van der Waals surface area contributed by atoms with Crippen LogP contribution in [0.1, 0.15) is 34.3 Å². The molecule has 5 nitrogen and oxygen atoms in total. The van der Waals surface area contributed by atoms with E-state index < -0.39 is 0 Å². The fourth-order valence-corrected chi connectivity index (χ4v) is 3.92. The highest BCUT2D eigenvalue weighted by Crippen LogP contribution is 2.27. The van der Waals surface area contributed by atoms with Gasteiger partial charge in [0, 0.05) is 24.7 Å². The highest BCUT2D eigenvalue weighted by atomic mass is 35.5. The number of rotatable bonds is 5. The fourth-order valence-electron chi connectivity index (χ4n) is 3.55. The average molecular weight is 400 g/mol. The van der Waals surface area contributed by atoms with Gasteiger partial charge in [0.05, 0.1) is 17.3 Å². The van der Waals surface area contributed by atoms with Gasteiger partial charge in [0.25, 0.3) is 5.91 Å². The van der Waals surface area contributed by atoms with Crippen LogP contribution in [0.5, 0.6) is 0 Å². The number of piperidine rings is 1. The van der Waals surface area contributed by atoms with Crippen molar-refractivity contribution in [3.05, 3.63) is 64.2 Å². The second kappa shape index (κ2) is 9.22. The van der Waals surface area contributed by atoms with Crippen molar-refractivity contribution in [1.29, 1.82) is 0 Å². The lowest BCUT2D eigenvalue weighted by Crippen LogP contribution is -2.46. The molecule has 0 bridgehead atoms. The van der Waals surface area contributed by atoms with Crippen LogP contribution in [0.3, 0.4) is 0 Å². The summed E-state index contributed by atoms with van der Waals surface area (Å²) in [6.45, 7) is 5.78. The van der Waals surface area contributed by atoms with Crippen LogP contribution >= 0.6 is 11.6 Å². The van der Waals surface area contributed by atoms with Crippen molar-refractivity contribution in [3.63, 3.8) is 0 Å². The van der Waals surface area contributed by atoms with Crippen molar-refractivity contribution < 1.29 is 9.59 Å². The third-order valence-electron chi connectivity index (χ3n) is 5.02. The Kier molecular flexibility index (Phi) is 6.70. The molecule has 1 aliphatic rings. The molecule has 1 heterocycles. The first-order chi connectivity index (χ1) is 13.4. The Balaban J connectivity index is 1.46. The average Bonchev–Trinajstić information content (AvgIpc) is 2.67. The summed E-state index contributed by atoms with van der Waals surface area (Å²) >= 11 is 6.27. The van der Waals surface area contributed by atoms with Crippen LogP contribution in [-0.2, 0) is 4.79 Å². The SMILES string of the molecule is Cc1cc(C)c(NC(=O)CN2CCC(NC(=O)c3ccccc3)CC2)c(Cl)c1. The number of likely N-dealkylation sites (tertiary alicyclic amines) is 1. The molecule has 2 N–H and O–H groups in total. The van der Waals surface area contributed by atoms with Crippen molar-refractivity contribution >= 4 is 29.1 Å². The molecule has 0 radical (unpaired) electrons. The minimum Gasteiger partial charge on any atom is -0.349 e. The Labute approximate surface area is 171 Å². The van der Waals surface area contributed by atoms with Crippen LogP contribution < -0.4 is 10.6 Å². The number of carbonyl (C=O) groups is 2. The number of benzene rings is 2. The lowest BCUT2D eigenvalue weighted by molar-refractivity contribution is -0.117. The van der Waals surface area contributed by atoms with E-state index in [1.165, 1.54) is 0 Å². The standard InChI is InChI=1S/C22H26ClN3O2/c1-15-12-16(2)21(19(23)13-15)25-20(27)14-26-10-8-18(9-11-26)24-22(28)17-6-4-3-5-7-17/h3-7,12-13,18H,8-11,14H2,1-2H3,(H,24,28)(H,25,27). The topological polar surface area (TPSA) is 61.4 Å².